The van der Waals surface area contributed by atoms with Gasteiger partial charge in [0, 0.05) is 17.7 Å². The molecule has 0 saturated heterocycles. The number of methoxy groups -OCH3 is 2. The summed E-state index contributed by atoms with van der Waals surface area (Å²) in [6.45, 7) is 0. The van der Waals surface area contributed by atoms with E-state index in [-0.39, 0.29) is 29.5 Å². The van der Waals surface area contributed by atoms with Crippen molar-refractivity contribution in [3.8, 4) is 11.5 Å². The average molecular weight is 304 g/mol. The number of hydrogen-bond donors (Lipinski definition) is 1. The maximum absolute atomic E-state index is 13.6. The molecule has 2 N–H and O–H groups in total. The first kappa shape index (κ1) is 17.8. The van der Waals surface area contributed by atoms with Gasteiger partial charge in [-0.3, -0.25) is 0 Å². The van der Waals surface area contributed by atoms with Crippen molar-refractivity contribution in [1.82, 2.24) is 0 Å². The molecule has 0 amide bonds. The third-order valence-electron chi connectivity index (χ3n) is 2.35. The van der Waals surface area contributed by atoms with Gasteiger partial charge in [0.25, 0.3) is 0 Å². The van der Waals surface area contributed by atoms with Crippen LogP contribution in [0.15, 0.2) is 12.1 Å². The first-order valence-corrected chi connectivity index (χ1v) is 5.02. The van der Waals surface area contributed by atoms with Crippen LogP contribution in [0.1, 0.15) is 18.0 Å². The van der Waals surface area contributed by atoms with Gasteiger partial charge in [-0.1, -0.05) is 0 Å². The molecular weight excluding hydrogens is 290 g/mol. The standard InChI is InChI=1S/C11H13F4NO2.ClH/c1-17-9-3-6(7(12)4-10(9)18-2)8(16)5-11(13,14)15;/h3-4,8H,5,16H2,1-2H3;1H/t8-;/m0./s1. The molecule has 8 heteroatoms. The van der Waals surface area contributed by atoms with Gasteiger partial charge >= 0.3 is 6.18 Å². The Balaban J connectivity index is 0.00000324. The lowest BCUT2D eigenvalue weighted by atomic mass is 10.0. The fourth-order valence-corrected chi connectivity index (χ4v) is 1.51. The fourth-order valence-electron chi connectivity index (χ4n) is 1.51. The second-order valence-electron chi connectivity index (χ2n) is 3.65. The lowest BCUT2D eigenvalue weighted by Crippen LogP contribution is -2.21. The minimum Gasteiger partial charge on any atom is -0.493 e. The van der Waals surface area contributed by atoms with E-state index in [1.807, 2.05) is 0 Å². The highest BCUT2D eigenvalue weighted by atomic mass is 35.5. The smallest absolute Gasteiger partial charge is 0.390 e. The molecule has 0 aromatic heterocycles. The van der Waals surface area contributed by atoms with Crippen molar-refractivity contribution >= 4 is 12.4 Å². The van der Waals surface area contributed by atoms with Crippen molar-refractivity contribution in [2.45, 2.75) is 18.6 Å². The minimum atomic E-state index is -4.46. The molecule has 19 heavy (non-hydrogen) atoms. The number of nitrogens with two attached hydrogens (primary N) is 1. The van der Waals surface area contributed by atoms with Crippen LogP contribution >= 0.6 is 12.4 Å². The first-order valence-electron chi connectivity index (χ1n) is 5.02. The van der Waals surface area contributed by atoms with Crippen molar-refractivity contribution in [2.75, 3.05) is 14.2 Å². The van der Waals surface area contributed by atoms with Gasteiger partial charge in [-0.05, 0) is 6.07 Å². The van der Waals surface area contributed by atoms with Crippen molar-refractivity contribution in [3.05, 3.63) is 23.5 Å². The predicted octanol–water partition coefficient (Wildman–Crippen LogP) is 3.22. The van der Waals surface area contributed by atoms with Crippen molar-refractivity contribution in [1.29, 1.82) is 0 Å². The van der Waals surface area contributed by atoms with Gasteiger partial charge in [-0.2, -0.15) is 13.2 Å². The normalized spacial score (nSPS) is 12.6. The van der Waals surface area contributed by atoms with Gasteiger partial charge in [0.05, 0.1) is 20.6 Å². The SMILES string of the molecule is COc1cc(F)c([C@@H](N)CC(F)(F)F)cc1OC.Cl. The number of ether oxygens (including phenoxy) is 2. The molecule has 110 valence electrons. The molecule has 0 aliphatic carbocycles. The first-order chi connectivity index (χ1) is 8.28. The maximum Gasteiger partial charge on any atom is 0.390 e. The number of rotatable bonds is 4. The summed E-state index contributed by atoms with van der Waals surface area (Å²) in [7, 11) is 2.60. The lowest BCUT2D eigenvalue weighted by Gasteiger charge is -2.17. The van der Waals surface area contributed by atoms with Crippen molar-refractivity contribution in [2.24, 2.45) is 5.73 Å². The van der Waals surface area contributed by atoms with Gasteiger partial charge < -0.3 is 15.2 Å². The van der Waals surface area contributed by atoms with E-state index in [0.717, 1.165) is 12.1 Å². The summed E-state index contributed by atoms with van der Waals surface area (Å²) >= 11 is 0. The van der Waals surface area contributed by atoms with E-state index in [9.17, 15) is 17.6 Å². The molecule has 0 unspecified atom stereocenters. The zero-order chi connectivity index (χ0) is 13.9. The van der Waals surface area contributed by atoms with E-state index in [0.29, 0.717) is 0 Å². The van der Waals surface area contributed by atoms with E-state index < -0.39 is 24.5 Å². The molecule has 0 bridgehead atoms. The van der Waals surface area contributed by atoms with Crippen LogP contribution < -0.4 is 15.2 Å². The summed E-state index contributed by atoms with van der Waals surface area (Å²) in [5.74, 6) is -0.631. The van der Waals surface area contributed by atoms with E-state index in [1.54, 1.807) is 0 Å². The van der Waals surface area contributed by atoms with Crippen molar-refractivity contribution in [3.63, 3.8) is 0 Å². The number of alkyl halides is 3. The molecule has 0 aliphatic rings. The molecule has 1 rings (SSSR count). The third-order valence-corrected chi connectivity index (χ3v) is 2.35. The average Bonchev–Trinajstić information content (AvgIpc) is 2.26. The van der Waals surface area contributed by atoms with Crippen LogP contribution in [-0.2, 0) is 0 Å². The van der Waals surface area contributed by atoms with E-state index in [4.69, 9.17) is 15.2 Å². The number of benzene rings is 1. The maximum atomic E-state index is 13.6. The quantitative estimate of drug-likeness (QED) is 0.869. The Bertz CT molecular complexity index is 426. The van der Waals surface area contributed by atoms with Crippen LogP contribution in [0.25, 0.3) is 0 Å². The summed E-state index contributed by atoms with van der Waals surface area (Å²) in [5, 5.41) is 0. The largest absolute Gasteiger partial charge is 0.493 e. The Kier molecular flexibility index (Phi) is 6.38. The summed E-state index contributed by atoms with van der Waals surface area (Å²) in [4.78, 5) is 0. The molecule has 0 fully saturated rings. The molecule has 1 aromatic rings. The highest BCUT2D eigenvalue weighted by Gasteiger charge is 2.32. The molecule has 0 spiro atoms. The van der Waals surface area contributed by atoms with Crippen LogP contribution in [0.4, 0.5) is 17.6 Å². The zero-order valence-electron chi connectivity index (χ0n) is 10.3. The molecule has 1 aromatic carbocycles. The summed E-state index contributed by atoms with van der Waals surface area (Å²) in [6.07, 6.45) is -5.77. The lowest BCUT2D eigenvalue weighted by molar-refractivity contribution is -0.138. The highest BCUT2D eigenvalue weighted by Crippen LogP contribution is 2.35. The van der Waals surface area contributed by atoms with Gasteiger partial charge in [-0.15, -0.1) is 12.4 Å². The Labute approximate surface area is 114 Å². The van der Waals surface area contributed by atoms with E-state index in [2.05, 4.69) is 0 Å². The van der Waals surface area contributed by atoms with Crippen LogP contribution in [0.5, 0.6) is 11.5 Å². The molecule has 0 saturated carbocycles. The minimum absolute atomic E-state index is 0. The van der Waals surface area contributed by atoms with E-state index in [1.165, 1.54) is 14.2 Å². The molecule has 1 atom stereocenters. The predicted molar refractivity (Wildman–Crippen MR) is 64.4 cm³/mol. The Hall–Kier alpha value is -1.21. The van der Waals surface area contributed by atoms with Crippen LogP contribution in [0, 0.1) is 5.82 Å². The van der Waals surface area contributed by atoms with Gasteiger partial charge in [0.2, 0.25) is 0 Å². The van der Waals surface area contributed by atoms with Gasteiger partial charge in [0.1, 0.15) is 5.82 Å². The Morgan fingerprint density at radius 1 is 1.16 bits per heavy atom. The molecule has 0 radical (unpaired) electrons. The van der Waals surface area contributed by atoms with Gasteiger partial charge in [0.15, 0.2) is 11.5 Å². The van der Waals surface area contributed by atoms with Crippen molar-refractivity contribution < 1.29 is 27.0 Å². The Morgan fingerprint density at radius 2 is 1.63 bits per heavy atom. The van der Waals surface area contributed by atoms with Crippen LogP contribution in [-0.4, -0.2) is 20.4 Å². The monoisotopic (exact) mass is 303 g/mol. The second-order valence-corrected chi connectivity index (χ2v) is 3.65. The summed E-state index contributed by atoms with van der Waals surface area (Å²) < 4.78 is 59.9. The molecular formula is C11H14ClF4NO2. The third kappa shape index (κ3) is 4.76. The van der Waals surface area contributed by atoms with Crippen LogP contribution in [0.2, 0.25) is 0 Å². The zero-order valence-corrected chi connectivity index (χ0v) is 11.1. The summed E-state index contributed by atoms with van der Waals surface area (Å²) in [5.41, 5.74) is 5.08. The molecule has 0 aliphatic heterocycles. The van der Waals surface area contributed by atoms with E-state index >= 15 is 0 Å². The molecule has 3 nitrogen and oxygen atoms in total. The topological polar surface area (TPSA) is 44.5 Å². The van der Waals surface area contributed by atoms with Gasteiger partial charge in [-0.25, -0.2) is 4.39 Å². The van der Waals surface area contributed by atoms with Crippen LogP contribution in [0.3, 0.4) is 0 Å². The second kappa shape index (κ2) is 6.81. The number of halogens is 5. The fraction of sp³-hybridized carbons (Fsp3) is 0.455. The Morgan fingerprint density at radius 3 is 2.05 bits per heavy atom. The number of hydrogen-bond acceptors (Lipinski definition) is 3. The summed E-state index contributed by atoms with van der Waals surface area (Å²) in [6, 6.07) is 0.583. The molecule has 0 heterocycles. The highest BCUT2D eigenvalue weighted by molar-refractivity contribution is 5.85.